The Morgan fingerprint density at radius 2 is 1.88 bits per heavy atom. The summed E-state index contributed by atoms with van der Waals surface area (Å²) in [6.45, 7) is 1.39. The highest BCUT2D eigenvalue weighted by atomic mass is 32.2. The van der Waals surface area contributed by atoms with Crippen LogP contribution >= 0.6 is 0 Å². The molecule has 0 bridgehead atoms. The number of sulfonamides is 1. The van der Waals surface area contributed by atoms with Gasteiger partial charge in [0.1, 0.15) is 10.6 Å². The second-order valence-corrected chi connectivity index (χ2v) is 8.18. The highest BCUT2D eigenvalue weighted by Crippen LogP contribution is 2.22. The maximum atomic E-state index is 12.7. The lowest BCUT2D eigenvalue weighted by Crippen LogP contribution is -2.35. The van der Waals surface area contributed by atoms with E-state index in [1.807, 2.05) is 0 Å². The van der Waals surface area contributed by atoms with Crippen molar-refractivity contribution in [3.63, 3.8) is 0 Å². The number of carbonyl (C=O) groups is 2. The zero-order valence-electron chi connectivity index (χ0n) is 14.4. The number of piperidine rings is 1. The van der Waals surface area contributed by atoms with Crippen LogP contribution < -0.4 is 5.32 Å². The van der Waals surface area contributed by atoms with Gasteiger partial charge in [-0.3, -0.25) is 9.59 Å². The Morgan fingerprint density at radius 3 is 2.52 bits per heavy atom. The molecule has 1 aromatic rings. The number of aryl methyl sites for hydroxylation is 1. The van der Waals surface area contributed by atoms with Crippen LogP contribution in [0.5, 0.6) is 0 Å². The first-order valence-electron chi connectivity index (χ1n) is 8.49. The zero-order chi connectivity index (χ0) is 18.4. The minimum Gasteiger partial charge on any atom is -0.481 e. The van der Waals surface area contributed by atoms with Gasteiger partial charge in [0, 0.05) is 39.3 Å². The highest BCUT2D eigenvalue weighted by Gasteiger charge is 2.28. The maximum Gasteiger partial charge on any atom is 0.303 e. The van der Waals surface area contributed by atoms with Gasteiger partial charge in [-0.25, -0.2) is 8.42 Å². The molecule has 1 aliphatic heterocycles. The molecule has 1 saturated heterocycles. The van der Waals surface area contributed by atoms with Gasteiger partial charge in [-0.05, 0) is 31.7 Å². The van der Waals surface area contributed by atoms with E-state index in [1.54, 1.807) is 7.05 Å². The van der Waals surface area contributed by atoms with E-state index in [2.05, 4.69) is 5.32 Å². The summed E-state index contributed by atoms with van der Waals surface area (Å²) in [5, 5.41) is 11.3. The fourth-order valence-corrected chi connectivity index (χ4v) is 4.44. The summed E-state index contributed by atoms with van der Waals surface area (Å²) in [5.41, 5.74) is 0.272. The van der Waals surface area contributed by atoms with E-state index >= 15 is 0 Å². The summed E-state index contributed by atoms with van der Waals surface area (Å²) < 4.78 is 28.3. The first kappa shape index (κ1) is 19.5. The Balaban J connectivity index is 1.98. The van der Waals surface area contributed by atoms with Gasteiger partial charge in [-0.2, -0.15) is 4.31 Å². The Kier molecular flexibility index (Phi) is 6.60. The summed E-state index contributed by atoms with van der Waals surface area (Å²) in [6.07, 6.45) is 5.32. The monoisotopic (exact) mass is 371 g/mol. The fraction of sp³-hybridized carbons (Fsp3) is 0.625. The lowest BCUT2D eigenvalue weighted by Gasteiger charge is -2.25. The van der Waals surface area contributed by atoms with Gasteiger partial charge in [-0.15, -0.1) is 0 Å². The van der Waals surface area contributed by atoms with Crippen molar-refractivity contribution < 1.29 is 23.1 Å². The van der Waals surface area contributed by atoms with Crippen LogP contribution in [0.4, 0.5) is 0 Å². The molecule has 1 fully saturated rings. The molecule has 1 amide bonds. The Hall–Kier alpha value is -1.87. The van der Waals surface area contributed by atoms with Crippen LogP contribution in [0.15, 0.2) is 17.2 Å². The van der Waals surface area contributed by atoms with Gasteiger partial charge >= 0.3 is 5.97 Å². The standard InChI is InChI=1S/C16H25N3O5S/c1-18-12-13(25(23,24)19-9-5-2-6-10-19)11-14(18)16(22)17-8-4-3-7-15(20)21/h11-12H,2-10H2,1H3,(H,17,22)(H,20,21). The first-order valence-corrected chi connectivity index (χ1v) is 9.93. The van der Waals surface area contributed by atoms with E-state index in [9.17, 15) is 18.0 Å². The van der Waals surface area contributed by atoms with Crippen LogP contribution in [-0.2, 0) is 21.9 Å². The molecule has 0 aromatic carbocycles. The Morgan fingerprint density at radius 1 is 1.20 bits per heavy atom. The molecule has 9 heteroatoms. The molecule has 0 spiro atoms. The number of carboxylic acids is 1. The second-order valence-electron chi connectivity index (χ2n) is 6.24. The van der Waals surface area contributed by atoms with Crippen molar-refractivity contribution in [2.24, 2.45) is 7.05 Å². The second kappa shape index (κ2) is 8.48. The van der Waals surface area contributed by atoms with E-state index < -0.39 is 16.0 Å². The number of rotatable bonds is 8. The Bertz CT molecular complexity index is 720. The molecule has 0 saturated carbocycles. The van der Waals surface area contributed by atoms with E-state index in [4.69, 9.17) is 5.11 Å². The molecule has 0 unspecified atom stereocenters. The van der Waals surface area contributed by atoms with Crippen LogP contribution in [0.2, 0.25) is 0 Å². The number of carbonyl (C=O) groups excluding carboxylic acids is 1. The Labute approximate surface area is 147 Å². The van der Waals surface area contributed by atoms with Gasteiger partial charge in [-0.1, -0.05) is 6.42 Å². The quantitative estimate of drug-likeness (QED) is 0.667. The largest absolute Gasteiger partial charge is 0.481 e. The smallest absolute Gasteiger partial charge is 0.303 e. The van der Waals surface area contributed by atoms with Crippen LogP contribution in [0.1, 0.15) is 49.0 Å². The van der Waals surface area contributed by atoms with E-state index in [-0.39, 0.29) is 22.9 Å². The first-order chi connectivity index (χ1) is 11.8. The van der Waals surface area contributed by atoms with Crippen molar-refractivity contribution in [2.75, 3.05) is 19.6 Å². The number of nitrogens with one attached hydrogen (secondary N) is 1. The molecule has 140 valence electrons. The third-order valence-electron chi connectivity index (χ3n) is 4.27. The number of carboxylic acid groups (broad SMARTS) is 1. The van der Waals surface area contributed by atoms with Gasteiger partial charge < -0.3 is 15.0 Å². The minimum absolute atomic E-state index is 0.0677. The zero-order valence-corrected chi connectivity index (χ0v) is 15.2. The number of aromatic nitrogens is 1. The molecule has 1 aromatic heterocycles. The normalized spacial score (nSPS) is 15.9. The predicted octanol–water partition coefficient (Wildman–Crippen LogP) is 1.18. The molecule has 0 atom stereocenters. The molecule has 0 aliphatic carbocycles. The number of hydrogen-bond donors (Lipinski definition) is 2. The van der Waals surface area contributed by atoms with E-state index in [1.165, 1.54) is 21.1 Å². The van der Waals surface area contributed by atoms with E-state index in [0.29, 0.717) is 32.5 Å². The van der Waals surface area contributed by atoms with Gasteiger partial charge in [0.25, 0.3) is 5.91 Å². The fourth-order valence-electron chi connectivity index (χ4n) is 2.85. The number of nitrogens with zero attached hydrogens (tertiary/aromatic N) is 2. The van der Waals surface area contributed by atoms with Crippen molar-refractivity contribution >= 4 is 21.9 Å². The summed E-state index contributed by atoms with van der Waals surface area (Å²) in [4.78, 5) is 22.8. The molecule has 2 rings (SSSR count). The van der Waals surface area contributed by atoms with Crippen molar-refractivity contribution in [3.8, 4) is 0 Å². The summed E-state index contributed by atoms with van der Waals surface area (Å²) in [5.74, 6) is -1.22. The molecule has 0 radical (unpaired) electrons. The van der Waals surface area contributed by atoms with Crippen LogP contribution in [0, 0.1) is 0 Å². The third kappa shape index (κ3) is 5.05. The average Bonchev–Trinajstić information content (AvgIpc) is 2.97. The number of unbranched alkanes of at least 4 members (excludes halogenated alkanes) is 1. The molecular formula is C16H25N3O5S. The third-order valence-corrected chi connectivity index (χ3v) is 6.13. The average molecular weight is 371 g/mol. The van der Waals surface area contributed by atoms with Gasteiger partial charge in [0.2, 0.25) is 10.0 Å². The molecular weight excluding hydrogens is 346 g/mol. The lowest BCUT2D eigenvalue weighted by molar-refractivity contribution is -0.137. The molecule has 2 N–H and O–H groups in total. The lowest BCUT2D eigenvalue weighted by atomic mass is 10.2. The van der Waals surface area contributed by atoms with Crippen molar-refractivity contribution in [3.05, 3.63) is 18.0 Å². The van der Waals surface area contributed by atoms with Crippen molar-refractivity contribution in [1.29, 1.82) is 0 Å². The predicted molar refractivity (Wildman–Crippen MR) is 91.8 cm³/mol. The number of amides is 1. The topological polar surface area (TPSA) is 109 Å². The summed E-state index contributed by atoms with van der Waals surface area (Å²) in [7, 11) is -1.94. The van der Waals surface area contributed by atoms with Crippen molar-refractivity contribution in [2.45, 2.75) is 43.4 Å². The maximum absolute atomic E-state index is 12.7. The summed E-state index contributed by atoms with van der Waals surface area (Å²) in [6, 6.07) is 1.40. The van der Waals surface area contributed by atoms with Crippen LogP contribution in [0.3, 0.4) is 0 Å². The number of aliphatic carboxylic acids is 1. The van der Waals surface area contributed by atoms with Crippen LogP contribution in [-0.4, -0.2) is 53.9 Å². The van der Waals surface area contributed by atoms with E-state index in [0.717, 1.165) is 19.3 Å². The molecule has 1 aliphatic rings. The number of hydrogen-bond acceptors (Lipinski definition) is 4. The van der Waals surface area contributed by atoms with Gasteiger partial charge in [0.15, 0.2) is 0 Å². The molecule has 8 nitrogen and oxygen atoms in total. The molecule has 25 heavy (non-hydrogen) atoms. The molecule has 2 heterocycles. The minimum atomic E-state index is -3.57. The van der Waals surface area contributed by atoms with Gasteiger partial charge in [0.05, 0.1) is 0 Å². The highest BCUT2D eigenvalue weighted by molar-refractivity contribution is 7.89. The van der Waals surface area contributed by atoms with Crippen LogP contribution in [0.25, 0.3) is 0 Å². The van der Waals surface area contributed by atoms with Crippen molar-refractivity contribution in [1.82, 2.24) is 14.2 Å². The summed E-state index contributed by atoms with van der Waals surface area (Å²) >= 11 is 0. The SMILES string of the molecule is Cn1cc(S(=O)(=O)N2CCCCC2)cc1C(=O)NCCCCC(=O)O.